The van der Waals surface area contributed by atoms with E-state index >= 15 is 0 Å². The van der Waals surface area contributed by atoms with Crippen LogP contribution in [0.4, 0.5) is 0 Å². The highest BCUT2D eigenvalue weighted by Crippen LogP contribution is 2.40. The van der Waals surface area contributed by atoms with Crippen LogP contribution in [0.2, 0.25) is 0 Å². The van der Waals surface area contributed by atoms with Crippen molar-refractivity contribution in [3.63, 3.8) is 0 Å². The van der Waals surface area contributed by atoms with E-state index in [9.17, 15) is 9.90 Å². The number of rotatable bonds is 3. The first-order chi connectivity index (χ1) is 17.8. The second-order valence-corrected chi connectivity index (χ2v) is 11.3. The van der Waals surface area contributed by atoms with Gasteiger partial charge in [0.25, 0.3) is 12.0 Å². The van der Waals surface area contributed by atoms with Crippen LogP contribution in [0.5, 0.6) is 5.75 Å². The predicted molar refractivity (Wildman–Crippen MR) is 147 cm³/mol. The normalized spacial score (nSPS) is 16.6. The van der Waals surface area contributed by atoms with Crippen LogP contribution in [0.1, 0.15) is 57.7 Å². The summed E-state index contributed by atoms with van der Waals surface area (Å²) in [5, 5.41) is 21.5. The van der Waals surface area contributed by atoms with E-state index in [0.717, 1.165) is 35.2 Å². The molecule has 9 heteroatoms. The summed E-state index contributed by atoms with van der Waals surface area (Å²) in [7, 11) is 1.71. The molecule has 1 saturated heterocycles. The molecular weight excluding hydrogens is 482 g/mol. The Morgan fingerprint density at radius 1 is 1.03 bits per heavy atom. The van der Waals surface area contributed by atoms with Crippen LogP contribution in [0, 0.1) is 6.92 Å². The van der Waals surface area contributed by atoms with Crippen molar-refractivity contribution in [1.82, 2.24) is 24.3 Å². The number of piperidine rings is 1. The summed E-state index contributed by atoms with van der Waals surface area (Å²) >= 11 is 0. The molecule has 1 aromatic carbocycles. The van der Waals surface area contributed by atoms with Gasteiger partial charge < -0.3 is 20.1 Å². The van der Waals surface area contributed by atoms with Crippen molar-refractivity contribution in [3.8, 4) is 28.1 Å². The minimum absolute atomic E-state index is 0.0315. The quantitative estimate of drug-likeness (QED) is 0.342. The van der Waals surface area contributed by atoms with Crippen molar-refractivity contribution in [2.45, 2.75) is 64.5 Å². The lowest BCUT2D eigenvalue weighted by atomic mass is 9.74. The van der Waals surface area contributed by atoms with E-state index in [-0.39, 0.29) is 28.9 Å². The van der Waals surface area contributed by atoms with Crippen LogP contribution < -0.4 is 10.9 Å². The molecule has 5 rings (SSSR count). The lowest BCUT2D eigenvalue weighted by Crippen LogP contribution is -2.57. The van der Waals surface area contributed by atoms with Crippen LogP contribution in [0.3, 0.4) is 0 Å². The maximum absolute atomic E-state index is 12.0. The number of benzene rings is 1. The molecule has 1 fully saturated rings. The van der Waals surface area contributed by atoms with E-state index in [0.29, 0.717) is 23.0 Å². The smallest absolute Gasteiger partial charge is 0.290 e. The van der Waals surface area contributed by atoms with Crippen molar-refractivity contribution in [3.05, 3.63) is 70.5 Å². The van der Waals surface area contributed by atoms with Crippen LogP contribution in [-0.4, -0.2) is 46.7 Å². The number of carboxylic acid groups (broad SMARTS) is 1. The number of aryl methyl sites for hydroxylation is 2. The Balaban J connectivity index is 0.00000107. The van der Waals surface area contributed by atoms with E-state index in [2.05, 4.69) is 46.1 Å². The van der Waals surface area contributed by atoms with Crippen LogP contribution >= 0.6 is 0 Å². The Hall–Kier alpha value is -3.98. The first kappa shape index (κ1) is 27.1. The van der Waals surface area contributed by atoms with E-state index in [1.165, 1.54) is 4.57 Å². The van der Waals surface area contributed by atoms with Gasteiger partial charge in [0.05, 0.1) is 11.4 Å². The molecule has 3 aromatic heterocycles. The molecule has 38 heavy (non-hydrogen) atoms. The van der Waals surface area contributed by atoms with Crippen molar-refractivity contribution in [2.75, 3.05) is 0 Å². The van der Waals surface area contributed by atoms with Gasteiger partial charge >= 0.3 is 0 Å². The minimum Gasteiger partial charge on any atom is -0.507 e. The van der Waals surface area contributed by atoms with Crippen molar-refractivity contribution < 1.29 is 15.0 Å². The number of carbonyl (C=O) groups is 1. The summed E-state index contributed by atoms with van der Waals surface area (Å²) in [5.74, 6) is 1.09. The third kappa shape index (κ3) is 5.62. The molecule has 0 saturated carbocycles. The molecule has 9 nitrogen and oxygen atoms in total. The van der Waals surface area contributed by atoms with Crippen molar-refractivity contribution in [2.24, 2.45) is 7.05 Å². The summed E-state index contributed by atoms with van der Waals surface area (Å²) in [6.45, 7) is 10.9. The second kappa shape index (κ2) is 10.1. The molecule has 0 atom stereocenters. The van der Waals surface area contributed by atoms with E-state index in [1.54, 1.807) is 25.4 Å². The zero-order valence-electron chi connectivity index (χ0n) is 22.7. The second-order valence-electron chi connectivity index (χ2n) is 11.3. The van der Waals surface area contributed by atoms with Gasteiger partial charge in [-0.25, -0.2) is 9.97 Å². The van der Waals surface area contributed by atoms with Gasteiger partial charge in [-0.3, -0.25) is 14.0 Å². The number of nitrogens with zero attached hydrogens (tertiary/aromatic N) is 4. The molecule has 3 N–H and O–H groups in total. The van der Waals surface area contributed by atoms with Crippen LogP contribution in [-0.2, 0) is 11.8 Å². The number of fused-ring (bicyclic) bond motifs is 1. The minimum atomic E-state index is -0.250. The molecule has 0 spiro atoms. The Morgan fingerprint density at radius 3 is 2.26 bits per heavy atom. The molecule has 0 bridgehead atoms. The fourth-order valence-corrected chi connectivity index (χ4v) is 5.75. The van der Waals surface area contributed by atoms with Crippen LogP contribution in [0.15, 0.2) is 53.7 Å². The van der Waals surface area contributed by atoms with Crippen molar-refractivity contribution in [1.29, 1.82) is 0 Å². The molecular formula is C29H35N5O4. The number of imidazole rings is 1. The highest BCUT2D eigenvalue weighted by Gasteiger charge is 2.39. The topological polar surface area (TPSA) is 122 Å². The maximum Gasteiger partial charge on any atom is 0.290 e. The Kier molecular flexibility index (Phi) is 7.16. The highest BCUT2D eigenvalue weighted by atomic mass is 16.3. The zero-order chi connectivity index (χ0) is 27.8. The van der Waals surface area contributed by atoms with Crippen molar-refractivity contribution >= 4 is 12.2 Å². The van der Waals surface area contributed by atoms with Gasteiger partial charge in [0.1, 0.15) is 5.75 Å². The molecule has 4 aromatic rings. The summed E-state index contributed by atoms with van der Waals surface area (Å²) < 4.78 is 3.45. The average molecular weight is 518 g/mol. The molecule has 1 aliphatic rings. The third-order valence-electron chi connectivity index (χ3n) is 6.96. The van der Waals surface area contributed by atoms with Gasteiger partial charge in [-0.2, -0.15) is 0 Å². The standard InChI is InChI=1S/C28H33N5O2.CH2O2/c1-17-15-33-16-22(21-8-7-18(11-23(21)34)19-9-10-32(6)24(35)12-19)29-26(33)30-25(17)20-13-27(2,3)31-28(4,5)14-20;2-1-3/h7-12,15-16,20,31,34H,13-14H2,1-6H3;1H,(H,2,3). The molecule has 4 heterocycles. The fourth-order valence-electron chi connectivity index (χ4n) is 5.75. The highest BCUT2D eigenvalue weighted by molar-refractivity contribution is 5.74. The largest absolute Gasteiger partial charge is 0.507 e. The van der Waals surface area contributed by atoms with Gasteiger partial charge in [0.2, 0.25) is 5.78 Å². The number of hydrogen-bond donors (Lipinski definition) is 3. The number of hydrogen-bond acceptors (Lipinski definition) is 6. The zero-order valence-corrected chi connectivity index (χ0v) is 22.7. The summed E-state index contributed by atoms with van der Waals surface area (Å²) in [4.78, 5) is 30.1. The first-order valence-corrected chi connectivity index (χ1v) is 12.6. The molecule has 1 aliphatic heterocycles. The SMILES string of the molecule is Cc1cn2cc(-c3ccc(-c4ccn(C)c(=O)c4)cc3O)nc2nc1C1CC(C)(C)NC(C)(C)C1.O=CO. The van der Waals surface area contributed by atoms with Gasteiger partial charge in [0, 0.05) is 54.3 Å². The monoisotopic (exact) mass is 517 g/mol. The molecule has 200 valence electrons. The molecule has 0 radical (unpaired) electrons. The number of aromatic hydroxyl groups is 1. The summed E-state index contributed by atoms with van der Waals surface area (Å²) in [6.07, 6.45) is 7.74. The first-order valence-electron chi connectivity index (χ1n) is 12.6. The van der Waals surface area contributed by atoms with Gasteiger partial charge in [-0.15, -0.1) is 0 Å². The van der Waals surface area contributed by atoms with Gasteiger partial charge in [-0.1, -0.05) is 6.07 Å². The Labute approximate surface area is 221 Å². The number of nitrogens with one attached hydrogen (secondary N) is 1. The van der Waals surface area contributed by atoms with Gasteiger partial charge in [0.15, 0.2) is 0 Å². The van der Waals surface area contributed by atoms with E-state index < -0.39 is 0 Å². The molecule has 0 amide bonds. The third-order valence-corrected chi connectivity index (χ3v) is 6.96. The summed E-state index contributed by atoms with van der Waals surface area (Å²) in [5.41, 5.74) is 5.05. The summed E-state index contributed by atoms with van der Waals surface area (Å²) in [6, 6.07) is 8.85. The van der Waals surface area contributed by atoms with Crippen LogP contribution in [0.25, 0.3) is 28.2 Å². The average Bonchev–Trinajstić information content (AvgIpc) is 3.21. The maximum atomic E-state index is 12.0. The number of phenols is 1. The fraction of sp³-hybridized carbons (Fsp3) is 0.379. The lowest BCUT2D eigenvalue weighted by molar-refractivity contribution is -0.122. The van der Waals surface area contributed by atoms with Gasteiger partial charge in [-0.05, 0) is 82.3 Å². The Bertz CT molecular complexity index is 1530. The molecule has 0 aliphatic carbocycles. The number of phenolic OH excluding ortho intramolecular Hbond substituents is 1. The predicted octanol–water partition coefficient (Wildman–Crippen LogP) is 4.50. The van der Waals surface area contributed by atoms with E-state index in [4.69, 9.17) is 19.9 Å². The number of aromatic nitrogens is 4. The molecule has 0 unspecified atom stereocenters. The Morgan fingerprint density at radius 2 is 1.66 bits per heavy atom. The number of pyridine rings is 1. The lowest BCUT2D eigenvalue weighted by Gasteiger charge is -2.46. The van der Waals surface area contributed by atoms with E-state index in [1.807, 2.05) is 28.8 Å².